The number of benzene rings is 2. The van der Waals surface area contributed by atoms with Gasteiger partial charge in [-0.1, -0.05) is 45.8 Å². The molecule has 0 unspecified atom stereocenters. The van der Waals surface area contributed by atoms with Crippen LogP contribution in [0.2, 0.25) is 0 Å². The Kier molecular flexibility index (Phi) is 9.39. The highest BCUT2D eigenvalue weighted by atomic mass is 79.9. The molecule has 1 amide bonds. The number of amides is 1. The van der Waals surface area contributed by atoms with E-state index in [1.165, 1.54) is 4.90 Å². The second kappa shape index (κ2) is 12.6. The van der Waals surface area contributed by atoms with Crippen molar-refractivity contribution in [1.29, 1.82) is 0 Å². The highest BCUT2D eigenvalue weighted by Gasteiger charge is 2.47. The Balaban J connectivity index is 1.55. The summed E-state index contributed by atoms with van der Waals surface area (Å²) in [6, 6.07) is 12.9. The lowest BCUT2D eigenvalue weighted by Gasteiger charge is -2.38. The van der Waals surface area contributed by atoms with Crippen LogP contribution in [0.3, 0.4) is 0 Å². The normalized spacial score (nSPS) is 22.8. The highest BCUT2D eigenvalue weighted by molar-refractivity contribution is 9.10. The fourth-order valence-electron chi connectivity index (χ4n) is 4.73. The van der Waals surface area contributed by atoms with Crippen LogP contribution in [0, 0.1) is 13.8 Å². The molecule has 1 aromatic heterocycles. The molecule has 4 rings (SSSR count). The zero-order valence-corrected chi connectivity index (χ0v) is 23.5. The van der Waals surface area contributed by atoms with Gasteiger partial charge in [-0.3, -0.25) is 9.59 Å². The molecule has 0 aliphatic carbocycles. The number of H-pyrrole nitrogens is 1. The maximum atomic E-state index is 13.4. The first-order valence-corrected chi connectivity index (χ1v) is 13.4. The van der Waals surface area contributed by atoms with Gasteiger partial charge >= 0.3 is 5.97 Å². The third kappa shape index (κ3) is 6.60. The summed E-state index contributed by atoms with van der Waals surface area (Å²) in [5, 5.41) is 40.3. The van der Waals surface area contributed by atoms with Crippen LogP contribution < -0.4 is 5.56 Å². The van der Waals surface area contributed by atoms with E-state index in [2.05, 4.69) is 20.9 Å². The number of carboxylic acids is 1. The molecule has 5 N–H and O–H groups in total. The molecule has 0 spiro atoms. The number of aryl methyl sites for hydroxylation is 2. The molecule has 0 saturated carbocycles. The van der Waals surface area contributed by atoms with Gasteiger partial charge in [-0.05, 0) is 48.6 Å². The smallest absolute Gasteiger partial charge is 0.335 e. The van der Waals surface area contributed by atoms with Crippen molar-refractivity contribution in [2.45, 2.75) is 57.5 Å². The van der Waals surface area contributed by atoms with E-state index in [1.807, 2.05) is 38.1 Å². The molecule has 1 aliphatic heterocycles. The number of hydrogen-bond donors (Lipinski definition) is 5. The first-order chi connectivity index (χ1) is 19.0. The number of carbonyl (C=O) groups excluding carboxylic acids is 1. The number of hydrogen-bond acceptors (Lipinski definition) is 8. The number of carboxylic acid groups (broad SMARTS) is 1. The molecule has 12 heteroatoms. The SMILES string of the molecule is Cc1cc(C)c2[nH]c(=O)c(CN(CCO[C@@H]3O[C@H](C(=O)O)[C@@H](O)[C@H](O)[C@H]3O)C(=O)Cc3ccccc3Br)cc2c1. The van der Waals surface area contributed by atoms with Gasteiger partial charge in [0.25, 0.3) is 5.56 Å². The van der Waals surface area contributed by atoms with E-state index in [4.69, 9.17) is 9.47 Å². The van der Waals surface area contributed by atoms with Gasteiger partial charge in [0.15, 0.2) is 12.4 Å². The van der Waals surface area contributed by atoms with E-state index in [9.17, 15) is 34.8 Å². The molecule has 3 aromatic rings. The fraction of sp³-hybridized carbons (Fsp3) is 0.393. The lowest BCUT2D eigenvalue weighted by molar-refractivity contribution is -0.294. The topological polar surface area (TPSA) is 170 Å². The van der Waals surface area contributed by atoms with Gasteiger partial charge in [-0.25, -0.2) is 4.79 Å². The van der Waals surface area contributed by atoms with Gasteiger partial charge in [0.2, 0.25) is 5.91 Å². The van der Waals surface area contributed by atoms with Crippen LogP contribution in [0.5, 0.6) is 0 Å². The number of aromatic amines is 1. The van der Waals surface area contributed by atoms with Crippen molar-refractivity contribution >= 4 is 38.7 Å². The number of nitrogens with one attached hydrogen (secondary N) is 1. The first-order valence-electron chi connectivity index (χ1n) is 12.6. The van der Waals surface area contributed by atoms with Crippen LogP contribution in [0.4, 0.5) is 0 Å². The van der Waals surface area contributed by atoms with Gasteiger partial charge < -0.3 is 39.8 Å². The number of nitrogens with zero attached hydrogens (tertiary/aromatic N) is 1. The number of aliphatic carboxylic acids is 1. The third-order valence-corrected chi connectivity index (χ3v) is 7.61. The van der Waals surface area contributed by atoms with Crippen molar-refractivity contribution in [2.75, 3.05) is 13.2 Å². The molecule has 1 saturated heterocycles. The highest BCUT2D eigenvalue weighted by Crippen LogP contribution is 2.23. The van der Waals surface area contributed by atoms with Crippen LogP contribution in [0.25, 0.3) is 10.9 Å². The molecular formula is C28H31BrN2O9. The summed E-state index contributed by atoms with van der Waals surface area (Å²) in [4.78, 5) is 42.1. The van der Waals surface area contributed by atoms with Crippen LogP contribution in [0.1, 0.15) is 22.3 Å². The molecule has 2 aromatic carbocycles. The number of aliphatic hydroxyl groups is 3. The van der Waals surface area contributed by atoms with E-state index in [0.29, 0.717) is 11.1 Å². The van der Waals surface area contributed by atoms with Gasteiger partial charge in [0.1, 0.15) is 18.3 Å². The lowest BCUT2D eigenvalue weighted by atomic mass is 9.99. The van der Waals surface area contributed by atoms with E-state index in [1.54, 1.807) is 18.2 Å². The number of carbonyl (C=O) groups is 2. The second-order valence-corrected chi connectivity index (χ2v) is 10.7. The molecule has 214 valence electrons. The Bertz CT molecular complexity index is 1460. The minimum Gasteiger partial charge on any atom is -0.479 e. The minimum absolute atomic E-state index is 0.0275. The number of ether oxygens (including phenoxy) is 2. The van der Waals surface area contributed by atoms with Gasteiger partial charge in [0.05, 0.1) is 25.1 Å². The van der Waals surface area contributed by atoms with Crippen molar-refractivity contribution in [3.05, 3.63) is 79.5 Å². The second-order valence-electron chi connectivity index (χ2n) is 9.86. The number of halogens is 1. The van der Waals surface area contributed by atoms with E-state index < -0.39 is 36.7 Å². The Morgan fingerprint density at radius 3 is 2.48 bits per heavy atom. The van der Waals surface area contributed by atoms with Crippen molar-refractivity contribution < 1.29 is 39.5 Å². The van der Waals surface area contributed by atoms with E-state index in [-0.39, 0.29) is 37.6 Å². The summed E-state index contributed by atoms with van der Waals surface area (Å²) in [6.45, 7) is 3.55. The summed E-state index contributed by atoms with van der Waals surface area (Å²) in [7, 11) is 0. The zero-order chi connectivity index (χ0) is 29.1. The largest absolute Gasteiger partial charge is 0.479 e. The number of aliphatic hydroxyl groups excluding tert-OH is 3. The van der Waals surface area contributed by atoms with Crippen LogP contribution >= 0.6 is 15.9 Å². The summed E-state index contributed by atoms with van der Waals surface area (Å²) in [5.41, 5.74) is 3.42. The number of aromatic nitrogens is 1. The van der Waals surface area contributed by atoms with Crippen molar-refractivity contribution in [2.24, 2.45) is 0 Å². The fourth-order valence-corrected chi connectivity index (χ4v) is 5.16. The Labute approximate surface area is 238 Å². The summed E-state index contributed by atoms with van der Waals surface area (Å²) in [6.07, 6.45) is -8.71. The molecular weight excluding hydrogens is 588 g/mol. The molecule has 11 nitrogen and oxygen atoms in total. The number of fused-ring (bicyclic) bond motifs is 1. The van der Waals surface area contributed by atoms with E-state index in [0.717, 1.165) is 26.5 Å². The van der Waals surface area contributed by atoms with Crippen molar-refractivity contribution in [3.8, 4) is 0 Å². The predicted octanol–water partition coefficient (Wildman–Crippen LogP) is 1.39. The standard InChI is InChI=1S/C28H31BrN2O9/c1-14-9-15(2)21-17(10-14)11-18(26(36)30-21)13-31(20(32)12-16-5-3-4-6-19(16)29)7-8-39-28-24(35)22(33)23(34)25(40-28)27(37)38/h3-6,9-11,22-25,28,33-35H,7-8,12-13H2,1-2H3,(H,30,36)(H,37,38)/t22-,23-,24+,25-,28+/m0/s1. The summed E-state index contributed by atoms with van der Waals surface area (Å²) < 4.78 is 11.4. The number of pyridine rings is 1. The van der Waals surface area contributed by atoms with Crippen LogP contribution in [-0.4, -0.2) is 86.0 Å². The zero-order valence-electron chi connectivity index (χ0n) is 21.9. The Hall–Kier alpha value is -3.13. The monoisotopic (exact) mass is 618 g/mol. The Morgan fingerprint density at radius 1 is 1.05 bits per heavy atom. The predicted molar refractivity (Wildman–Crippen MR) is 148 cm³/mol. The lowest BCUT2D eigenvalue weighted by Crippen LogP contribution is -2.60. The molecule has 0 radical (unpaired) electrons. The molecule has 40 heavy (non-hydrogen) atoms. The average molecular weight is 619 g/mol. The average Bonchev–Trinajstić information content (AvgIpc) is 2.89. The quantitative estimate of drug-likeness (QED) is 0.238. The molecule has 0 bridgehead atoms. The molecule has 5 atom stereocenters. The van der Waals surface area contributed by atoms with Crippen LogP contribution in [-0.2, 0) is 32.0 Å². The van der Waals surface area contributed by atoms with Crippen molar-refractivity contribution in [3.63, 3.8) is 0 Å². The van der Waals surface area contributed by atoms with Crippen molar-refractivity contribution in [1.82, 2.24) is 9.88 Å². The number of rotatable bonds is 9. The summed E-state index contributed by atoms with van der Waals surface area (Å²) in [5.74, 6) is -1.84. The summed E-state index contributed by atoms with van der Waals surface area (Å²) >= 11 is 3.45. The Morgan fingerprint density at radius 2 is 1.77 bits per heavy atom. The first kappa shape index (κ1) is 29.8. The third-order valence-electron chi connectivity index (χ3n) is 6.84. The van der Waals surface area contributed by atoms with Gasteiger partial charge in [-0.15, -0.1) is 0 Å². The molecule has 1 fully saturated rings. The van der Waals surface area contributed by atoms with Crippen LogP contribution in [0.15, 0.2) is 51.7 Å². The maximum absolute atomic E-state index is 13.4. The van der Waals surface area contributed by atoms with Gasteiger partial charge in [0, 0.05) is 16.6 Å². The van der Waals surface area contributed by atoms with Gasteiger partial charge in [-0.2, -0.15) is 0 Å². The van der Waals surface area contributed by atoms with E-state index >= 15 is 0 Å². The minimum atomic E-state index is -1.85. The maximum Gasteiger partial charge on any atom is 0.335 e. The molecule has 1 aliphatic rings. The molecule has 2 heterocycles.